The molecule has 0 aliphatic carbocycles. The maximum Gasteiger partial charge on any atom is 0.0642 e. The van der Waals surface area contributed by atoms with Crippen molar-refractivity contribution in [2.45, 2.75) is 13.3 Å². The predicted octanol–water partition coefficient (Wildman–Crippen LogP) is 0.307. The van der Waals surface area contributed by atoms with Crippen molar-refractivity contribution in [3.8, 4) is 0 Å². The molecule has 0 fully saturated rings. The zero-order chi connectivity index (χ0) is 6.41. The van der Waals surface area contributed by atoms with Crippen LogP contribution >= 0.6 is 0 Å². The highest BCUT2D eigenvalue weighted by atomic mass is 16.3. The van der Waals surface area contributed by atoms with Crippen molar-refractivity contribution in [3.63, 3.8) is 0 Å². The smallest absolute Gasteiger partial charge is 0.0642 e. The van der Waals surface area contributed by atoms with Gasteiger partial charge in [0.2, 0.25) is 0 Å². The first-order valence-electron chi connectivity index (χ1n) is 2.74. The maximum absolute atomic E-state index is 8.48. The van der Waals surface area contributed by atoms with Gasteiger partial charge >= 0.3 is 0 Å². The highest BCUT2D eigenvalue weighted by Gasteiger charge is 1.86. The summed E-state index contributed by atoms with van der Waals surface area (Å²) in [5.74, 6) is 0. The van der Waals surface area contributed by atoms with Crippen LogP contribution in [0.3, 0.4) is 0 Å². The normalized spacial score (nSPS) is 12.1. The van der Waals surface area contributed by atoms with Gasteiger partial charge in [-0.1, -0.05) is 13.0 Å². The summed E-state index contributed by atoms with van der Waals surface area (Å²) in [5, 5.41) is 16.8. The monoisotopic (exact) mass is 116 g/mol. The Morgan fingerprint density at radius 3 is 2.25 bits per heavy atom. The molecule has 0 bridgehead atoms. The molecule has 0 amide bonds. The van der Waals surface area contributed by atoms with Gasteiger partial charge in [0, 0.05) is 0 Å². The summed E-state index contributed by atoms with van der Waals surface area (Å²) in [6.07, 6.45) is 2.44. The van der Waals surface area contributed by atoms with Crippen LogP contribution in [0.15, 0.2) is 11.6 Å². The number of hydrogen-bond acceptors (Lipinski definition) is 2. The molecule has 0 unspecified atom stereocenters. The highest BCUT2D eigenvalue weighted by molar-refractivity contribution is 5.00. The molecule has 2 N–H and O–H groups in total. The van der Waals surface area contributed by atoms with Crippen LogP contribution in [0.25, 0.3) is 0 Å². The molecule has 0 atom stereocenters. The summed E-state index contributed by atoms with van der Waals surface area (Å²) in [4.78, 5) is 0. The minimum absolute atomic E-state index is 0.0315. The van der Waals surface area contributed by atoms with E-state index in [4.69, 9.17) is 10.2 Å². The second-order valence-corrected chi connectivity index (χ2v) is 1.56. The third kappa shape index (κ3) is 2.77. The molecule has 0 heterocycles. The summed E-state index contributed by atoms with van der Waals surface area (Å²) in [7, 11) is 0. The van der Waals surface area contributed by atoms with E-state index >= 15 is 0 Å². The van der Waals surface area contributed by atoms with Gasteiger partial charge in [0.25, 0.3) is 0 Å². The van der Waals surface area contributed by atoms with Crippen LogP contribution in [-0.2, 0) is 0 Å². The number of aliphatic hydroxyl groups is 2. The van der Waals surface area contributed by atoms with Gasteiger partial charge in [-0.25, -0.2) is 0 Å². The zero-order valence-electron chi connectivity index (χ0n) is 5.09. The van der Waals surface area contributed by atoms with Gasteiger partial charge in [0.1, 0.15) is 0 Å². The van der Waals surface area contributed by atoms with E-state index in [9.17, 15) is 0 Å². The van der Waals surface area contributed by atoms with Crippen LogP contribution in [-0.4, -0.2) is 23.4 Å². The van der Waals surface area contributed by atoms with Gasteiger partial charge < -0.3 is 10.2 Å². The van der Waals surface area contributed by atoms with Crippen molar-refractivity contribution < 1.29 is 10.2 Å². The first-order chi connectivity index (χ1) is 3.85. The lowest BCUT2D eigenvalue weighted by molar-refractivity contribution is 0.316. The molecule has 2 nitrogen and oxygen atoms in total. The summed E-state index contributed by atoms with van der Waals surface area (Å²) in [6, 6.07) is 0. The van der Waals surface area contributed by atoms with Crippen LogP contribution in [0, 0.1) is 0 Å². The first kappa shape index (κ1) is 7.66. The molecular weight excluding hydrogens is 104 g/mol. The average Bonchev–Trinajstić information content (AvgIpc) is 1.83. The van der Waals surface area contributed by atoms with Crippen LogP contribution < -0.4 is 0 Å². The molecule has 0 aromatic carbocycles. The van der Waals surface area contributed by atoms with E-state index in [0.717, 1.165) is 12.0 Å². The van der Waals surface area contributed by atoms with E-state index in [1.165, 1.54) is 0 Å². The van der Waals surface area contributed by atoms with Gasteiger partial charge in [0.05, 0.1) is 13.2 Å². The lowest BCUT2D eigenvalue weighted by Crippen LogP contribution is -1.89. The zero-order valence-corrected chi connectivity index (χ0v) is 5.09. The van der Waals surface area contributed by atoms with Gasteiger partial charge in [0.15, 0.2) is 0 Å². The molecule has 0 saturated heterocycles. The lowest BCUT2D eigenvalue weighted by Gasteiger charge is -1.94. The Kier molecular flexibility index (Phi) is 4.61. The number of aliphatic hydroxyl groups excluding tert-OH is 2. The molecule has 0 aromatic rings. The van der Waals surface area contributed by atoms with E-state index < -0.39 is 0 Å². The molecular formula is C6H12O2. The molecule has 48 valence electrons. The first-order valence-corrected chi connectivity index (χ1v) is 2.74. The van der Waals surface area contributed by atoms with E-state index in [1.807, 2.05) is 6.92 Å². The summed E-state index contributed by atoms with van der Waals surface area (Å²) < 4.78 is 0. The third-order valence-electron chi connectivity index (χ3n) is 1.04. The molecule has 0 saturated carbocycles. The van der Waals surface area contributed by atoms with Gasteiger partial charge in [-0.2, -0.15) is 0 Å². The Balaban J connectivity index is 3.49. The molecule has 0 radical (unpaired) electrons. The minimum Gasteiger partial charge on any atom is -0.392 e. The topological polar surface area (TPSA) is 40.5 Å². The fourth-order valence-corrected chi connectivity index (χ4v) is 0.450. The number of rotatable bonds is 3. The fraction of sp³-hybridized carbons (Fsp3) is 0.667. The molecule has 0 aromatic heterocycles. The fourth-order valence-electron chi connectivity index (χ4n) is 0.450. The van der Waals surface area contributed by atoms with Crippen molar-refractivity contribution in [1.82, 2.24) is 0 Å². The van der Waals surface area contributed by atoms with Gasteiger partial charge in [-0.3, -0.25) is 0 Å². The Bertz CT molecular complexity index is 70.6. The van der Waals surface area contributed by atoms with E-state index in [2.05, 4.69) is 0 Å². The Labute approximate surface area is 49.5 Å². The Morgan fingerprint density at radius 1 is 1.50 bits per heavy atom. The predicted molar refractivity (Wildman–Crippen MR) is 32.5 cm³/mol. The molecule has 0 aliphatic heterocycles. The molecule has 0 spiro atoms. The van der Waals surface area contributed by atoms with E-state index in [1.54, 1.807) is 6.08 Å². The van der Waals surface area contributed by atoms with E-state index in [0.29, 0.717) is 0 Å². The average molecular weight is 116 g/mol. The van der Waals surface area contributed by atoms with Crippen molar-refractivity contribution in [2.75, 3.05) is 13.2 Å². The maximum atomic E-state index is 8.48. The van der Waals surface area contributed by atoms with Crippen LogP contribution in [0.4, 0.5) is 0 Å². The summed E-state index contributed by atoms with van der Waals surface area (Å²) in [5.41, 5.74) is 0.896. The SMILES string of the molecule is CCC(=CCO)CO. The largest absolute Gasteiger partial charge is 0.392 e. The molecule has 0 rings (SSSR count). The van der Waals surface area contributed by atoms with Crippen molar-refractivity contribution in [2.24, 2.45) is 0 Å². The minimum atomic E-state index is 0.0315. The highest BCUT2D eigenvalue weighted by Crippen LogP contribution is 1.95. The van der Waals surface area contributed by atoms with E-state index in [-0.39, 0.29) is 13.2 Å². The summed E-state index contributed by atoms with van der Waals surface area (Å²) in [6.45, 7) is 2.04. The number of hydrogen-bond donors (Lipinski definition) is 2. The van der Waals surface area contributed by atoms with Crippen LogP contribution in [0.1, 0.15) is 13.3 Å². The van der Waals surface area contributed by atoms with Gasteiger partial charge in [-0.15, -0.1) is 0 Å². The molecule has 8 heavy (non-hydrogen) atoms. The van der Waals surface area contributed by atoms with Crippen molar-refractivity contribution in [3.05, 3.63) is 11.6 Å². The van der Waals surface area contributed by atoms with Crippen molar-refractivity contribution in [1.29, 1.82) is 0 Å². The second kappa shape index (κ2) is 4.81. The molecule has 2 heteroatoms. The quantitative estimate of drug-likeness (QED) is 0.521. The molecule has 0 aliphatic rings. The Hall–Kier alpha value is -0.340. The van der Waals surface area contributed by atoms with Crippen LogP contribution in [0.2, 0.25) is 0 Å². The standard InChI is InChI=1S/C6H12O2/c1-2-6(5-8)3-4-7/h3,7-8H,2,4-5H2,1H3. The van der Waals surface area contributed by atoms with Crippen molar-refractivity contribution >= 4 is 0 Å². The second-order valence-electron chi connectivity index (χ2n) is 1.56. The van der Waals surface area contributed by atoms with Crippen LogP contribution in [0.5, 0.6) is 0 Å². The Morgan fingerprint density at radius 2 is 2.12 bits per heavy atom. The van der Waals surface area contributed by atoms with Gasteiger partial charge in [-0.05, 0) is 12.0 Å². The third-order valence-corrected chi connectivity index (χ3v) is 1.04. The summed E-state index contributed by atoms with van der Waals surface area (Å²) >= 11 is 0. The lowest BCUT2D eigenvalue weighted by atomic mass is 10.2.